The Morgan fingerprint density at radius 1 is 1.43 bits per heavy atom. The van der Waals surface area contributed by atoms with Crippen LogP contribution in [0.25, 0.3) is 0 Å². The molecule has 8 heteroatoms. The molecule has 4 N–H and O–H groups in total. The van der Waals surface area contributed by atoms with Crippen LogP contribution in [-0.4, -0.2) is 42.8 Å². The molecule has 0 aromatic carbocycles. The number of carbonyl (C=O) groups excluding carboxylic acids is 1. The van der Waals surface area contributed by atoms with E-state index in [0.717, 1.165) is 0 Å². The van der Waals surface area contributed by atoms with E-state index in [1.165, 1.54) is 21.1 Å². The van der Waals surface area contributed by atoms with Gasteiger partial charge in [0.2, 0.25) is 10.0 Å². The molecular formula is C13H24N4O3S. The molecule has 1 heterocycles. The Kier molecular flexibility index (Phi) is 5.19. The Labute approximate surface area is 125 Å². The molecule has 0 aliphatic rings. The second kappa shape index (κ2) is 6.17. The molecule has 0 unspecified atom stereocenters. The fraction of sp³-hybridized carbons (Fsp3) is 0.615. The number of carbonyl (C=O) groups is 1. The van der Waals surface area contributed by atoms with E-state index < -0.39 is 15.9 Å². The second-order valence-corrected chi connectivity index (χ2v) is 7.77. The smallest absolute Gasteiger partial charge is 0.265 e. The van der Waals surface area contributed by atoms with E-state index >= 15 is 0 Å². The zero-order valence-electron chi connectivity index (χ0n) is 13.0. The Bertz CT molecular complexity index is 619. The number of aryl methyl sites for hydroxylation is 1. The van der Waals surface area contributed by atoms with Crippen molar-refractivity contribution < 1.29 is 13.2 Å². The quantitative estimate of drug-likeness (QED) is 0.744. The molecule has 0 spiro atoms. The molecule has 0 radical (unpaired) electrons. The van der Waals surface area contributed by atoms with Gasteiger partial charge >= 0.3 is 0 Å². The summed E-state index contributed by atoms with van der Waals surface area (Å²) in [5.41, 5.74) is 10.7. The summed E-state index contributed by atoms with van der Waals surface area (Å²) in [6, 6.07) is 1.30. The molecule has 21 heavy (non-hydrogen) atoms. The van der Waals surface area contributed by atoms with Gasteiger partial charge in [-0.15, -0.1) is 0 Å². The zero-order chi connectivity index (χ0) is 16.4. The molecule has 1 aromatic heterocycles. The Morgan fingerprint density at radius 3 is 2.38 bits per heavy atom. The predicted octanol–water partition coefficient (Wildman–Crippen LogP) is 0.120. The molecule has 0 saturated heterocycles. The lowest BCUT2D eigenvalue weighted by Crippen LogP contribution is -2.41. The summed E-state index contributed by atoms with van der Waals surface area (Å²) in [7, 11) is -2.10. The molecule has 1 amide bonds. The maximum Gasteiger partial charge on any atom is 0.265 e. The lowest BCUT2D eigenvalue weighted by Gasteiger charge is -2.30. The summed E-state index contributed by atoms with van der Waals surface area (Å²) >= 11 is 0. The number of nitrogens with two attached hydrogens (primary N) is 2. The standard InChI is InChI=1S/C13H24N4O3S/c1-5-17(9-13(2,3)8-14)21(19,20)10-6-11(12(15)18)16(4)7-10/h6-7H,5,8-9,14H2,1-4H3,(H2,15,18). The van der Waals surface area contributed by atoms with Crippen LogP contribution in [0, 0.1) is 5.41 Å². The van der Waals surface area contributed by atoms with Gasteiger partial charge in [-0.25, -0.2) is 8.42 Å². The fourth-order valence-electron chi connectivity index (χ4n) is 1.98. The molecule has 0 bridgehead atoms. The second-order valence-electron chi connectivity index (χ2n) is 5.84. The first-order valence-corrected chi connectivity index (χ1v) is 8.15. The molecule has 1 aromatic rings. The number of primary amides is 1. The van der Waals surface area contributed by atoms with Crippen LogP contribution >= 0.6 is 0 Å². The largest absolute Gasteiger partial charge is 0.364 e. The number of hydrogen-bond donors (Lipinski definition) is 2. The lowest BCUT2D eigenvalue weighted by atomic mass is 9.94. The first-order valence-electron chi connectivity index (χ1n) is 6.71. The molecule has 0 fully saturated rings. The van der Waals surface area contributed by atoms with Gasteiger partial charge in [-0.1, -0.05) is 20.8 Å². The minimum atomic E-state index is -3.68. The van der Waals surface area contributed by atoms with E-state index in [2.05, 4.69) is 0 Å². The van der Waals surface area contributed by atoms with Crippen molar-refractivity contribution in [1.82, 2.24) is 8.87 Å². The van der Waals surface area contributed by atoms with Crippen molar-refractivity contribution >= 4 is 15.9 Å². The first kappa shape index (κ1) is 17.7. The van der Waals surface area contributed by atoms with E-state index in [4.69, 9.17) is 11.5 Å². The van der Waals surface area contributed by atoms with Gasteiger partial charge in [0.1, 0.15) is 10.6 Å². The number of amides is 1. The van der Waals surface area contributed by atoms with Crippen molar-refractivity contribution in [2.45, 2.75) is 25.7 Å². The SMILES string of the molecule is CCN(CC(C)(C)CN)S(=O)(=O)c1cc(C(N)=O)n(C)c1. The highest BCUT2D eigenvalue weighted by molar-refractivity contribution is 7.89. The van der Waals surface area contributed by atoms with Crippen molar-refractivity contribution in [1.29, 1.82) is 0 Å². The third kappa shape index (κ3) is 3.84. The van der Waals surface area contributed by atoms with E-state index in [9.17, 15) is 13.2 Å². The average Bonchev–Trinajstić information content (AvgIpc) is 2.78. The van der Waals surface area contributed by atoms with Crippen LogP contribution in [0.4, 0.5) is 0 Å². The van der Waals surface area contributed by atoms with E-state index in [0.29, 0.717) is 19.6 Å². The summed E-state index contributed by atoms with van der Waals surface area (Å²) in [4.78, 5) is 11.3. The summed E-state index contributed by atoms with van der Waals surface area (Å²) < 4.78 is 28.1. The highest BCUT2D eigenvalue weighted by Gasteiger charge is 2.30. The summed E-state index contributed by atoms with van der Waals surface area (Å²) in [6.45, 7) is 6.59. The Balaban J connectivity index is 3.19. The molecule has 0 aliphatic carbocycles. The first-order chi connectivity index (χ1) is 9.55. The summed E-state index contributed by atoms with van der Waals surface area (Å²) in [6.07, 6.45) is 1.40. The van der Waals surface area contributed by atoms with Gasteiger partial charge in [-0.3, -0.25) is 4.79 Å². The van der Waals surface area contributed by atoms with Gasteiger partial charge in [0.25, 0.3) is 5.91 Å². The minimum absolute atomic E-state index is 0.0634. The van der Waals surface area contributed by atoms with Crippen molar-refractivity contribution in [3.8, 4) is 0 Å². The lowest BCUT2D eigenvalue weighted by molar-refractivity contribution is 0.0992. The Hall–Kier alpha value is -1.38. The zero-order valence-corrected chi connectivity index (χ0v) is 13.8. The van der Waals surface area contributed by atoms with Crippen LogP contribution in [0.15, 0.2) is 17.2 Å². The fourth-order valence-corrected chi connectivity index (χ4v) is 3.69. The van der Waals surface area contributed by atoms with E-state index in [-0.39, 0.29) is 16.0 Å². The van der Waals surface area contributed by atoms with E-state index in [1.807, 2.05) is 13.8 Å². The van der Waals surface area contributed by atoms with Gasteiger partial charge < -0.3 is 16.0 Å². The molecule has 0 aliphatic heterocycles. The van der Waals surface area contributed by atoms with Crippen LogP contribution < -0.4 is 11.5 Å². The third-order valence-electron chi connectivity index (χ3n) is 3.38. The number of rotatable bonds is 7. The van der Waals surface area contributed by atoms with Gasteiger partial charge in [-0.05, 0) is 18.0 Å². The molecule has 0 saturated carbocycles. The highest BCUT2D eigenvalue weighted by atomic mass is 32.2. The molecule has 120 valence electrons. The van der Waals surface area contributed by atoms with Crippen molar-refractivity contribution in [2.75, 3.05) is 19.6 Å². The summed E-state index contributed by atoms with van der Waals surface area (Å²) in [5, 5.41) is 0. The maximum absolute atomic E-state index is 12.7. The van der Waals surface area contributed by atoms with Crippen molar-refractivity contribution in [2.24, 2.45) is 23.9 Å². The monoisotopic (exact) mass is 316 g/mol. The van der Waals surface area contributed by atoms with Gasteiger partial charge in [0, 0.05) is 26.3 Å². The van der Waals surface area contributed by atoms with Crippen LogP contribution in [0.2, 0.25) is 0 Å². The number of aromatic nitrogens is 1. The maximum atomic E-state index is 12.7. The molecule has 0 atom stereocenters. The Morgan fingerprint density at radius 2 is 2.00 bits per heavy atom. The average molecular weight is 316 g/mol. The van der Waals surface area contributed by atoms with Crippen LogP contribution in [0.5, 0.6) is 0 Å². The van der Waals surface area contributed by atoms with Crippen molar-refractivity contribution in [3.63, 3.8) is 0 Å². The normalized spacial score (nSPS) is 12.9. The topological polar surface area (TPSA) is 111 Å². The minimum Gasteiger partial charge on any atom is -0.364 e. The number of sulfonamides is 1. The van der Waals surface area contributed by atoms with Crippen LogP contribution in [-0.2, 0) is 17.1 Å². The summed E-state index contributed by atoms with van der Waals surface area (Å²) in [5.74, 6) is -0.663. The number of hydrogen-bond acceptors (Lipinski definition) is 4. The highest BCUT2D eigenvalue weighted by Crippen LogP contribution is 2.23. The third-order valence-corrected chi connectivity index (χ3v) is 5.27. The molecular weight excluding hydrogens is 292 g/mol. The predicted molar refractivity (Wildman–Crippen MR) is 81.2 cm³/mol. The number of nitrogens with zero attached hydrogens (tertiary/aromatic N) is 2. The van der Waals surface area contributed by atoms with Gasteiger partial charge in [0.05, 0.1) is 0 Å². The van der Waals surface area contributed by atoms with Crippen LogP contribution in [0.3, 0.4) is 0 Å². The van der Waals surface area contributed by atoms with E-state index in [1.54, 1.807) is 14.0 Å². The molecule has 1 rings (SSSR count). The van der Waals surface area contributed by atoms with Crippen molar-refractivity contribution in [3.05, 3.63) is 18.0 Å². The van der Waals surface area contributed by atoms with Crippen LogP contribution in [0.1, 0.15) is 31.3 Å². The van der Waals surface area contributed by atoms with Gasteiger partial charge in [-0.2, -0.15) is 4.31 Å². The van der Waals surface area contributed by atoms with Gasteiger partial charge in [0.15, 0.2) is 0 Å². The molecule has 7 nitrogen and oxygen atoms in total.